The predicted octanol–water partition coefficient (Wildman–Crippen LogP) is 2.62. The Morgan fingerprint density at radius 1 is 1.19 bits per heavy atom. The normalized spacial score (nSPS) is 33.0. The highest BCUT2D eigenvalue weighted by atomic mass is 79.9. The van der Waals surface area contributed by atoms with E-state index in [0.717, 1.165) is 10.0 Å². The number of nitrogens with zero attached hydrogens (tertiary/aromatic N) is 1. The highest BCUT2D eigenvalue weighted by molar-refractivity contribution is 9.10. The average Bonchev–Trinajstić information content (AvgIpc) is 3.20. The van der Waals surface area contributed by atoms with Crippen LogP contribution < -0.4 is 10.6 Å². The van der Waals surface area contributed by atoms with Gasteiger partial charge in [-0.1, -0.05) is 36.7 Å². The van der Waals surface area contributed by atoms with E-state index in [2.05, 4.69) is 26.6 Å². The summed E-state index contributed by atoms with van der Waals surface area (Å²) in [6.45, 7) is 7.89. The number of halogens is 1. The van der Waals surface area contributed by atoms with E-state index in [9.17, 15) is 14.4 Å². The van der Waals surface area contributed by atoms with Gasteiger partial charge >= 0.3 is 0 Å². The van der Waals surface area contributed by atoms with Gasteiger partial charge in [-0.05, 0) is 37.5 Å². The monoisotopic (exact) mass is 433 g/mol. The number of amides is 3. The van der Waals surface area contributed by atoms with Gasteiger partial charge in [0.2, 0.25) is 17.7 Å². The summed E-state index contributed by atoms with van der Waals surface area (Å²) >= 11 is 3.48. The molecular formula is C20H24BrN3O3. The number of anilines is 1. The van der Waals surface area contributed by atoms with Crippen molar-refractivity contribution in [1.82, 2.24) is 10.2 Å². The maximum Gasteiger partial charge on any atom is 0.250 e. The average molecular weight is 434 g/mol. The summed E-state index contributed by atoms with van der Waals surface area (Å²) in [5.74, 6) is -1.78. The van der Waals surface area contributed by atoms with E-state index in [1.807, 2.05) is 45.9 Å². The van der Waals surface area contributed by atoms with Gasteiger partial charge in [-0.3, -0.25) is 24.6 Å². The first-order chi connectivity index (χ1) is 12.7. The molecule has 6 nitrogen and oxygen atoms in total. The summed E-state index contributed by atoms with van der Waals surface area (Å²) in [4.78, 5) is 41.3. The number of hydrogen-bond donors (Lipinski definition) is 2. The van der Waals surface area contributed by atoms with Crippen LogP contribution in [0.2, 0.25) is 0 Å². The first kappa shape index (κ1) is 18.6. The lowest BCUT2D eigenvalue weighted by Gasteiger charge is -2.31. The SMILES string of the molecule is CCC(C)N1C(=O)[C@@H]2C(C(C)C)NC3(C(=O)Nc4ccc(Br)cc43)[C@@H]2C1=O. The molecule has 2 fully saturated rings. The first-order valence-electron chi connectivity index (χ1n) is 9.50. The van der Waals surface area contributed by atoms with Crippen molar-refractivity contribution < 1.29 is 14.4 Å². The Labute approximate surface area is 167 Å². The number of hydrogen-bond acceptors (Lipinski definition) is 4. The van der Waals surface area contributed by atoms with Crippen molar-refractivity contribution in [3.05, 3.63) is 28.2 Å². The van der Waals surface area contributed by atoms with Crippen LogP contribution >= 0.6 is 15.9 Å². The van der Waals surface area contributed by atoms with Crippen LogP contribution in [0.4, 0.5) is 5.69 Å². The van der Waals surface area contributed by atoms with E-state index in [1.54, 1.807) is 0 Å². The molecule has 2 N–H and O–H groups in total. The quantitative estimate of drug-likeness (QED) is 0.718. The van der Waals surface area contributed by atoms with Crippen molar-refractivity contribution in [2.75, 3.05) is 5.32 Å². The molecule has 0 aliphatic carbocycles. The summed E-state index contributed by atoms with van der Waals surface area (Å²) in [7, 11) is 0. The second-order valence-corrected chi connectivity index (χ2v) is 9.09. The third-order valence-corrected chi connectivity index (χ3v) is 6.89. The predicted molar refractivity (Wildman–Crippen MR) is 105 cm³/mol. The molecule has 0 aromatic heterocycles. The lowest BCUT2D eigenvalue weighted by Crippen LogP contribution is -2.54. The fourth-order valence-corrected chi connectivity index (χ4v) is 5.28. The summed E-state index contributed by atoms with van der Waals surface area (Å²) < 4.78 is 0.832. The van der Waals surface area contributed by atoms with Gasteiger partial charge in [0.25, 0.3) is 0 Å². The van der Waals surface area contributed by atoms with Crippen LogP contribution in [0.25, 0.3) is 0 Å². The lowest BCUT2D eigenvalue weighted by atomic mass is 9.76. The molecule has 1 aromatic rings. The summed E-state index contributed by atoms with van der Waals surface area (Å²) in [5, 5.41) is 6.36. The lowest BCUT2D eigenvalue weighted by molar-refractivity contribution is -0.145. The number of benzene rings is 1. The van der Waals surface area contributed by atoms with Crippen LogP contribution in [0.3, 0.4) is 0 Å². The highest BCUT2D eigenvalue weighted by Gasteiger charge is 2.71. The number of carbonyl (C=O) groups excluding carboxylic acids is 3. The summed E-state index contributed by atoms with van der Waals surface area (Å²) in [5.41, 5.74) is 0.237. The number of nitrogens with one attached hydrogen (secondary N) is 2. The Morgan fingerprint density at radius 2 is 1.89 bits per heavy atom. The van der Waals surface area contributed by atoms with Gasteiger partial charge < -0.3 is 5.32 Å². The fourth-order valence-electron chi connectivity index (χ4n) is 4.92. The second kappa shape index (κ2) is 6.14. The third-order valence-electron chi connectivity index (χ3n) is 6.40. The molecule has 1 aromatic carbocycles. The zero-order valence-electron chi connectivity index (χ0n) is 15.9. The molecule has 3 amide bonds. The Morgan fingerprint density at radius 3 is 2.52 bits per heavy atom. The minimum atomic E-state index is -1.20. The summed E-state index contributed by atoms with van der Waals surface area (Å²) in [6.07, 6.45) is 0.692. The number of imide groups is 1. The van der Waals surface area contributed by atoms with E-state index >= 15 is 0 Å². The van der Waals surface area contributed by atoms with Gasteiger partial charge in [0.1, 0.15) is 5.54 Å². The van der Waals surface area contributed by atoms with Gasteiger partial charge in [-0.25, -0.2) is 0 Å². The van der Waals surface area contributed by atoms with E-state index in [1.165, 1.54) is 4.90 Å². The van der Waals surface area contributed by atoms with E-state index in [4.69, 9.17) is 0 Å². The Balaban J connectivity index is 1.92. The number of rotatable bonds is 3. The minimum absolute atomic E-state index is 0.106. The number of carbonyl (C=O) groups is 3. The molecular weight excluding hydrogens is 410 g/mol. The van der Waals surface area contributed by atoms with E-state index in [-0.39, 0.29) is 35.7 Å². The molecule has 3 aliphatic heterocycles. The first-order valence-corrected chi connectivity index (χ1v) is 10.3. The van der Waals surface area contributed by atoms with Gasteiger partial charge in [-0.15, -0.1) is 0 Å². The number of fused-ring (bicyclic) bond motifs is 4. The Hall–Kier alpha value is -1.73. The van der Waals surface area contributed by atoms with Crippen LogP contribution in [0, 0.1) is 17.8 Å². The largest absolute Gasteiger partial charge is 0.324 e. The summed E-state index contributed by atoms with van der Waals surface area (Å²) in [6, 6.07) is 5.16. The molecule has 0 bridgehead atoms. The zero-order chi connectivity index (χ0) is 19.7. The van der Waals surface area contributed by atoms with Crippen molar-refractivity contribution >= 4 is 39.3 Å². The van der Waals surface area contributed by atoms with Gasteiger partial charge in [-0.2, -0.15) is 0 Å². The molecule has 3 unspecified atom stereocenters. The molecule has 4 rings (SSSR count). The molecule has 0 saturated carbocycles. The van der Waals surface area contributed by atoms with Crippen LogP contribution in [-0.2, 0) is 19.9 Å². The smallest absolute Gasteiger partial charge is 0.250 e. The van der Waals surface area contributed by atoms with Gasteiger partial charge in [0.15, 0.2) is 0 Å². The van der Waals surface area contributed by atoms with Crippen molar-refractivity contribution in [1.29, 1.82) is 0 Å². The van der Waals surface area contributed by atoms with Crippen LogP contribution in [0.5, 0.6) is 0 Å². The number of likely N-dealkylation sites (tertiary alicyclic amines) is 1. The molecule has 1 spiro atoms. The molecule has 7 heteroatoms. The minimum Gasteiger partial charge on any atom is -0.324 e. The highest BCUT2D eigenvalue weighted by Crippen LogP contribution is 2.54. The third kappa shape index (κ3) is 2.30. The maximum absolute atomic E-state index is 13.4. The topological polar surface area (TPSA) is 78.5 Å². The van der Waals surface area contributed by atoms with Crippen molar-refractivity contribution in [3.63, 3.8) is 0 Å². The van der Waals surface area contributed by atoms with Crippen molar-refractivity contribution in [3.8, 4) is 0 Å². The van der Waals surface area contributed by atoms with Crippen LogP contribution in [0.1, 0.15) is 39.7 Å². The van der Waals surface area contributed by atoms with E-state index < -0.39 is 17.4 Å². The van der Waals surface area contributed by atoms with Crippen molar-refractivity contribution in [2.24, 2.45) is 17.8 Å². The zero-order valence-corrected chi connectivity index (χ0v) is 17.5. The molecule has 2 saturated heterocycles. The van der Waals surface area contributed by atoms with Crippen LogP contribution in [-0.4, -0.2) is 34.7 Å². The molecule has 5 atom stereocenters. The molecule has 27 heavy (non-hydrogen) atoms. The molecule has 3 heterocycles. The molecule has 144 valence electrons. The van der Waals surface area contributed by atoms with Gasteiger partial charge in [0.05, 0.1) is 11.8 Å². The van der Waals surface area contributed by atoms with Crippen LogP contribution in [0.15, 0.2) is 22.7 Å². The molecule has 0 radical (unpaired) electrons. The second-order valence-electron chi connectivity index (χ2n) is 8.17. The van der Waals surface area contributed by atoms with Crippen molar-refractivity contribution in [2.45, 2.75) is 51.7 Å². The van der Waals surface area contributed by atoms with E-state index in [0.29, 0.717) is 12.1 Å². The Bertz CT molecular complexity index is 855. The Kier molecular flexibility index (Phi) is 4.23. The van der Waals surface area contributed by atoms with Gasteiger partial charge in [0, 0.05) is 27.8 Å². The molecule has 3 aliphatic rings. The standard InChI is InChI=1S/C20H24BrN3O3/c1-5-10(4)24-17(25)14-15(18(24)26)20(23-16(14)9(2)3)12-8-11(21)6-7-13(12)22-19(20)27/h6-10,14-16,23H,5H2,1-4H3,(H,22,27)/t10?,14-,15-,16?,20?/m0/s1. The maximum atomic E-state index is 13.4. The fraction of sp³-hybridized carbons (Fsp3) is 0.550.